The summed E-state index contributed by atoms with van der Waals surface area (Å²) in [5.41, 5.74) is 3.89. The number of rotatable bonds is 4. The molecule has 3 aliphatic rings. The standard InChI is InChI=1S/C22H17BrN6O3/c23-15-7-4-13(5-8-15)20-24-17(32-26-20)11-28-19-18(25-27-28)21(30)29(22(19)31)16-9-6-12-2-1-3-14(12)10-16/h4-10,18-19H,1-3,11H2. The SMILES string of the molecule is O=C1C2N=NN(Cc3nc(-c4ccc(Br)cc4)no3)C2C(=O)N1c1ccc2c(c1)CCC2. The van der Waals surface area contributed by atoms with Gasteiger partial charge in [0.1, 0.15) is 6.54 Å². The maximum absolute atomic E-state index is 13.2. The van der Waals surface area contributed by atoms with Gasteiger partial charge in [0.25, 0.3) is 11.8 Å². The van der Waals surface area contributed by atoms with Gasteiger partial charge in [0.05, 0.1) is 5.69 Å². The summed E-state index contributed by atoms with van der Waals surface area (Å²) in [6.07, 6.45) is 3.10. The minimum absolute atomic E-state index is 0.0885. The predicted octanol–water partition coefficient (Wildman–Crippen LogP) is 3.48. The molecule has 0 bridgehead atoms. The van der Waals surface area contributed by atoms with Crippen LogP contribution in [0.3, 0.4) is 0 Å². The number of carbonyl (C=O) groups is 2. The van der Waals surface area contributed by atoms with Crippen molar-refractivity contribution < 1.29 is 14.1 Å². The van der Waals surface area contributed by atoms with Crippen LogP contribution in [0.15, 0.2) is 61.8 Å². The minimum Gasteiger partial charge on any atom is -0.337 e. The molecule has 2 aromatic carbocycles. The highest BCUT2D eigenvalue weighted by atomic mass is 79.9. The molecule has 2 unspecified atom stereocenters. The molecule has 1 saturated heterocycles. The molecule has 9 nitrogen and oxygen atoms in total. The molecule has 0 N–H and O–H groups in total. The Bertz CT molecular complexity index is 1270. The van der Waals surface area contributed by atoms with E-state index in [-0.39, 0.29) is 18.4 Å². The van der Waals surface area contributed by atoms with Crippen molar-refractivity contribution in [2.24, 2.45) is 10.3 Å². The Labute approximate surface area is 191 Å². The van der Waals surface area contributed by atoms with Crippen molar-refractivity contribution in [2.75, 3.05) is 4.90 Å². The van der Waals surface area contributed by atoms with Gasteiger partial charge in [-0.05, 0) is 66.8 Å². The summed E-state index contributed by atoms with van der Waals surface area (Å²) in [6, 6.07) is 11.7. The van der Waals surface area contributed by atoms with E-state index in [1.54, 1.807) is 0 Å². The number of imide groups is 1. The monoisotopic (exact) mass is 492 g/mol. The van der Waals surface area contributed by atoms with Crippen molar-refractivity contribution in [2.45, 2.75) is 37.9 Å². The molecule has 1 aromatic heterocycles. The summed E-state index contributed by atoms with van der Waals surface area (Å²) in [7, 11) is 0. The number of anilines is 1. The number of aryl methyl sites for hydroxylation is 2. The highest BCUT2D eigenvalue weighted by Gasteiger charge is 2.55. The molecule has 3 heterocycles. The van der Waals surface area contributed by atoms with Crippen LogP contribution in [-0.4, -0.2) is 39.0 Å². The van der Waals surface area contributed by atoms with Gasteiger partial charge in [-0.15, -0.1) is 0 Å². The van der Waals surface area contributed by atoms with E-state index < -0.39 is 12.1 Å². The quantitative estimate of drug-likeness (QED) is 0.516. The molecule has 0 saturated carbocycles. The van der Waals surface area contributed by atoms with E-state index in [4.69, 9.17) is 4.52 Å². The minimum atomic E-state index is -0.857. The molecule has 6 rings (SSSR count). The van der Waals surface area contributed by atoms with Crippen LogP contribution in [0, 0.1) is 0 Å². The van der Waals surface area contributed by atoms with Crippen LogP contribution >= 0.6 is 15.9 Å². The third-order valence-corrected chi connectivity index (χ3v) is 6.59. The first-order valence-corrected chi connectivity index (χ1v) is 11.1. The molecular weight excluding hydrogens is 476 g/mol. The molecule has 32 heavy (non-hydrogen) atoms. The number of hydrogen-bond acceptors (Lipinski definition) is 8. The Morgan fingerprint density at radius 1 is 1.03 bits per heavy atom. The number of hydrogen-bond donors (Lipinski definition) is 0. The van der Waals surface area contributed by atoms with E-state index in [1.165, 1.54) is 21.0 Å². The summed E-state index contributed by atoms with van der Waals surface area (Å²) in [5.74, 6) is 0.0356. The van der Waals surface area contributed by atoms with Crippen molar-refractivity contribution >= 4 is 33.4 Å². The molecule has 1 fully saturated rings. The number of halogens is 1. The van der Waals surface area contributed by atoms with Crippen molar-refractivity contribution in [3.8, 4) is 11.4 Å². The summed E-state index contributed by atoms with van der Waals surface area (Å²) in [5, 5.41) is 13.6. The van der Waals surface area contributed by atoms with Crippen LogP contribution in [0.5, 0.6) is 0 Å². The Balaban J connectivity index is 1.23. The zero-order chi connectivity index (χ0) is 21.8. The fourth-order valence-electron chi connectivity index (χ4n) is 4.48. The lowest BCUT2D eigenvalue weighted by atomic mass is 10.1. The molecule has 0 radical (unpaired) electrons. The van der Waals surface area contributed by atoms with Gasteiger partial charge in [-0.25, -0.2) is 4.90 Å². The Kier molecular flexibility index (Phi) is 4.42. The van der Waals surface area contributed by atoms with Crippen LogP contribution in [0.2, 0.25) is 0 Å². The highest BCUT2D eigenvalue weighted by molar-refractivity contribution is 9.10. The molecule has 2 atom stereocenters. The maximum Gasteiger partial charge on any atom is 0.263 e. The van der Waals surface area contributed by atoms with Crippen LogP contribution in [0.25, 0.3) is 11.4 Å². The number of carbonyl (C=O) groups excluding carboxylic acids is 2. The van der Waals surface area contributed by atoms with E-state index in [0.29, 0.717) is 17.4 Å². The zero-order valence-corrected chi connectivity index (χ0v) is 18.4. The Morgan fingerprint density at radius 3 is 2.69 bits per heavy atom. The second-order valence-electron chi connectivity index (χ2n) is 8.03. The van der Waals surface area contributed by atoms with E-state index in [0.717, 1.165) is 29.3 Å². The van der Waals surface area contributed by atoms with Gasteiger partial charge in [-0.2, -0.15) is 10.1 Å². The van der Waals surface area contributed by atoms with Crippen LogP contribution in [0.4, 0.5) is 5.69 Å². The molecule has 1 aliphatic carbocycles. The lowest BCUT2D eigenvalue weighted by Crippen LogP contribution is -2.39. The smallest absolute Gasteiger partial charge is 0.263 e. The largest absolute Gasteiger partial charge is 0.337 e. The molecular formula is C22H17BrN6O3. The summed E-state index contributed by atoms with van der Waals surface area (Å²) >= 11 is 3.40. The third kappa shape index (κ3) is 3.05. The second-order valence-corrected chi connectivity index (χ2v) is 8.94. The summed E-state index contributed by atoms with van der Waals surface area (Å²) < 4.78 is 6.31. The number of aromatic nitrogens is 2. The summed E-state index contributed by atoms with van der Waals surface area (Å²) in [4.78, 5) is 31.9. The highest BCUT2D eigenvalue weighted by Crippen LogP contribution is 2.35. The fourth-order valence-corrected chi connectivity index (χ4v) is 4.74. The number of nitrogens with zero attached hydrogens (tertiary/aromatic N) is 6. The first-order valence-electron chi connectivity index (χ1n) is 10.3. The van der Waals surface area contributed by atoms with Gasteiger partial charge in [-0.1, -0.05) is 32.4 Å². The van der Waals surface area contributed by atoms with E-state index in [9.17, 15) is 9.59 Å². The molecule has 2 amide bonds. The third-order valence-electron chi connectivity index (χ3n) is 6.07. The van der Waals surface area contributed by atoms with Crippen LogP contribution in [0.1, 0.15) is 23.4 Å². The lowest BCUT2D eigenvalue weighted by Gasteiger charge is -2.19. The van der Waals surface area contributed by atoms with Crippen molar-refractivity contribution in [1.82, 2.24) is 15.1 Å². The van der Waals surface area contributed by atoms with Crippen molar-refractivity contribution in [3.05, 3.63) is 64.0 Å². The second kappa shape index (κ2) is 7.33. The van der Waals surface area contributed by atoms with Gasteiger partial charge < -0.3 is 4.52 Å². The first kappa shape index (κ1) is 19.3. The zero-order valence-electron chi connectivity index (χ0n) is 16.8. The van der Waals surface area contributed by atoms with E-state index in [2.05, 4.69) is 36.4 Å². The molecule has 3 aromatic rings. The molecule has 10 heteroatoms. The van der Waals surface area contributed by atoms with Gasteiger partial charge >= 0.3 is 0 Å². The maximum atomic E-state index is 13.2. The average molecular weight is 493 g/mol. The number of amides is 2. The van der Waals surface area contributed by atoms with Crippen LogP contribution in [-0.2, 0) is 29.0 Å². The number of benzene rings is 2. The molecule has 0 spiro atoms. The van der Waals surface area contributed by atoms with Gasteiger partial charge in [0, 0.05) is 10.0 Å². The van der Waals surface area contributed by atoms with Gasteiger partial charge in [-0.3, -0.25) is 14.6 Å². The lowest BCUT2D eigenvalue weighted by molar-refractivity contribution is -0.123. The fraction of sp³-hybridized carbons (Fsp3) is 0.273. The molecule has 2 aliphatic heterocycles. The van der Waals surface area contributed by atoms with Crippen molar-refractivity contribution in [3.63, 3.8) is 0 Å². The average Bonchev–Trinajstić information content (AvgIpc) is 3.56. The van der Waals surface area contributed by atoms with Crippen LogP contribution < -0.4 is 4.90 Å². The van der Waals surface area contributed by atoms with Gasteiger partial charge in [0.15, 0.2) is 12.1 Å². The van der Waals surface area contributed by atoms with Crippen molar-refractivity contribution in [1.29, 1.82) is 0 Å². The van der Waals surface area contributed by atoms with E-state index in [1.807, 2.05) is 42.5 Å². The summed E-state index contributed by atoms with van der Waals surface area (Å²) in [6.45, 7) is 0.0885. The number of fused-ring (bicyclic) bond motifs is 2. The van der Waals surface area contributed by atoms with E-state index >= 15 is 0 Å². The predicted molar refractivity (Wildman–Crippen MR) is 116 cm³/mol. The molecule has 160 valence electrons. The Morgan fingerprint density at radius 2 is 1.84 bits per heavy atom. The normalized spacial score (nSPS) is 21.5. The Hall–Kier alpha value is -3.40. The van der Waals surface area contributed by atoms with Gasteiger partial charge in [0.2, 0.25) is 11.7 Å². The first-order chi connectivity index (χ1) is 15.6. The topological polar surface area (TPSA) is 104 Å².